The quantitative estimate of drug-likeness (QED) is 0.314. The van der Waals surface area contributed by atoms with Crippen molar-refractivity contribution in [2.45, 2.75) is 24.8 Å². The maximum Gasteiger partial charge on any atom is 0.330 e. The van der Waals surface area contributed by atoms with Gasteiger partial charge in [0.1, 0.15) is 0 Å². The van der Waals surface area contributed by atoms with Crippen LogP contribution in [0.25, 0.3) is 10.9 Å². The molecule has 0 unspecified atom stereocenters. The summed E-state index contributed by atoms with van der Waals surface area (Å²) in [6.07, 6.45) is 1.80. The van der Waals surface area contributed by atoms with E-state index in [0.717, 1.165) is 28.6 Å². The van der Waals surface area contributed by atoms with Crippen molar-refractivity contribution in [2.75, 3.05) is 13.1 Å². The van der Waals surface area contributed by atoms with E-state index in [4.69, 9.17) is 11.5 Å². The van der Waals surface area contributed by atoms with Crippen LogP contribution in [0.1, 0.15) is 24.1 Å². The number of aliphatic imine (C=N–C) groups is 1. The molecule has 1 aliphatic heterocycles. The number of aliphatic carboxylic acids is 1. The first-order chi connectivity index (χ1) is 11.0. The average Bonchev–Trinajstić information content (AvgIpc) is 2.91. The van der Waals surface area contributed by atoms with Crippen molar-refractivity contribution in [1.29, 1.82) is 0 Å². The van der Waals surface area contributed by atoms with Crippen molar-refractivity contribution in [3.63, 3.8) is 0 Å². The number of fused-ring (bicyclic) bond motifs is 3. The van der Waals surface area contributed by atoms with Crippen molar-refractivity contribution in [2.24, 2.45) is 16.5 Å². The number of rotatable bonds is 5. The highest BCUT2D eigenvalue weighted by Crippen LogP contribution is 2.36. The minimum Gasteiger partial charge on any atom is -0.480 e. The van der Waals surface area contributed by atoms with Crippen LogP contribution in [-0.4, -0.2) is 35.1 Å². The Morgan fingerprint density at radius 2 is 2.13 bits per heavy atom. The maximum atomic E-state index is 12.1. The number of carboxylic acid groups (broad SMARTS) is 1. The highest BCUT2D eigenvalue weighted by molar-refractivity contribution is 5.90. The molecule has 0 radical (unpaired) electrons. The van der Waals surface area contributed by atoms with Crippen molar-refractivity contribution >= 4 is 22.8 Å². The smallest absolute Gasteiger partial charge is 0.330 e. The van der Waals surface area contributed by atoms with E-state index in [9.17, 15) is 9.90 Å². The van der Waals surface area contributed by atoms with Gasteiger partial charge in [0.25, 0.3) is 0 Å². The van der Waals surface area contributed by atoms with Gasteiger partial charge >= 0.3 is 5.97 Å². The Kier molecular flexibility index (Phi) is 3.96. The Morgan fingerprint density at radius 3 is 2.87 bits per heavy atom. The molecule has 7 N–H and O–H groups in total. The number of nitrogens with one attached hydrogen (secondary N) is 2. The standard InChI is InChI=1S/C16H21N5O2/c17-15(18)19-8-3-7-16(14(22)23)13-11(6-9-20-16)10-4-1-2-5-12(10)21-13/h1-2,4-5,20-21H,3,6-9H2,(H,22,23)(H4,17,18,19)/t16-/m0/s1. The first-order valence-electron chi connectivity index (χ1n) is 7.68. The van der Waals surface area contributed by atoms with E-state index in [1.54, 1.807) is 0 Å². The zero-order valence-corrected chi connectivity index (χ0v) is 12.8. The molecule has 7 nitrogen and oxygen atoms in total. The Morgan fingerprint density at radius 1 is 1.35 bits per heavy atom. The van der Waals surface area contributed by atoms with E-state index in [0.29, 0.717) is 25.9 Å². The van der Waals surface area contributed by atoms with Crippen LogP contribution in [0.4, 0.5) is 0 Å². The van der Waals surface area contributed by atoms with E-state index < -0.39 is 11.5 Å². The Balaban J connectivity index is 1.99. The van der Waals surface area contributed by atoms with Crippen LogP contribution >= 0.6 is 0 Å². The summed E-state index contributed by atoms with van der Waals surface area (Å²) in [5.41, 5.74) is 12.3. The van der Waals surface area contributed by atoms with Crippen molar-refractivity contribution < 1.29 is 9.90 Å². The van der Waals surface area contributed by atoms with E-state index >= 15 is 0 Å². The third kappa shape index (κ3) is 2.63. The number of aromatic amines is 1. The zero-order chi connectivity index (χ0) is 16.4. The number of benzene rings is 1. The van der Waals surface area contributed by atoms with E-state index in [1.165, 1.54) is 0 Å². The topological polar surface area (TPSA) is 130 Å². The highest BCUT2D eigenvalue weighted by atomic mass is 16.4. The number of hydrogen-bond acceptors (Lipinski definition) is 3. The summed E-state index contributed by atoms with van der Waals surface area (Å²) in [5, 5.41) is 14.2. The highest BCUT2D eigenvalue weighted by Gasteiger charge is 2.44. The molecule has 122 valence electrons. The van der Waals surface area contributed by atoms with E-state index in [-0.39, 0.29) is 5.96 Å². The number of carboxylic acids is 1. The van der Waals surface area contributed by atoms with Gasteiger partial charge < -0.3 is 21.6 Å². The van der Waals surface area contributed by atoms with Gasteiger partial charge in [-0.3, -0.25) is 10.3 Å². The second-order valence-corrected chi connectivity index (χ2v) is 5.82. The second-order valence-electron chi connectivity index (χ2n) is 5.82. The van der Waals surface area contributed by atoms with E-state index in [1.807, 2.05) is 24.3 Å². The van der Waals surface area contributed by atoms with Crippen LogP contribution in [0, 0.1) is 0 Å². The molecule has 1 aliphatic rings. The number of H-pyrrole nitrogens is 1. The Labute approximate surface area is 133 Å². The number of nitrogens with zero attached hydrogens (tertiary/aromatic N) is 1. The molecule has 0 bridgehead atoms. The molecule has 0 saturated carbocycles. The molecule has 0 saturated heterocycles. The molecular formula is C16H21N5O2. The normalized spacial score (nSPS) is 20.2. The molecule has 0 fully saturated rings. The number of aromatic nitrogens is 1. The fraction of sp³-hybridized carbons (Fsp3) is 0.375. The monoisotopic (exact) mass is 315 g/mol. The summed E-state index contributed by atoms with van der Waals surface area (Å²) < 4.78 is 0. The minimum absolute atomic E-state index is 0.0253. The van der Waals surface area contributed by atoms with Crippen LogP contribution in [0.15, 0.2) is 29.3 Å². The third-order valence-electron chi connectivity index (χ3n) is 4.41. The average molecular weight is 315 g/mol. The number of nitrogens with two attached hydrogens (primary N) is 2. The molecule has 1 atom stereocenters. The van der Waals surface area contributed by atoms with Crippen LogP contribution in [0.5, 0.6) is 0 Å². The fourth-order valence-electron chi connectivity index (χ4n) is 3.37. The van der Waals surface area contributed by atoms with Gasteiger partial charge in [-0.05, 0) is 30.9 Å². The van der Waals surface area contributed by atoms with Gasteiger partial charge in [0, 0.05) is 24.0 Å². The summed E-state index contributed by atoms with van der Waals surface area (Å²) in [4.78, 5) is 19.3. The molecule has 0 aliphatic carbocycles. The molecule has 23 heavy (non-hydrogen) atoms. The van der Waals surface area contributed by atoms with Gasteiger partial charge in [0.05, 0.1) is 5.69 Å². The summed E-state index contributed by atoms with van der Waals surface area (Å²) in [6, 6.07) is 7.92. The Bertz CT molecular complexity index is 763. The first-order valence-corrected chi connectivity index (χ1v) is 7.68. The number of para-hydroxylation sites is 1. The van der Waals surface area contributed by atoms with Crippen molar-refractivity contribution in [3.8, 4) is 0 Å². The number of carbonyl (C=O) groups is 1. The maximum absolute atomic E-state index is 12.1. The molecule has 1 aromatic carbocycles. The van der Waals surface area contributed by atoms with Gasteiger partial charge in [-0.25, -0.2) is 4.79 Å². The van der Waals surface area contributed by atoms with Gasteiger partial charge in [0.15, 0.2) is 11.5 Å². The van der Waals surface area contributed by atoms with Crippen LogP contribution in [-0.2, 0) is 16.8 Å². The summed E-state index contributed by atoms with van der Waals surface area (Å²) >= 11 is 0. The van der Waals surface area contributed by atoms with Crippen molar-refractivity contribution in [1.82, 2.24) is 10.3 Å². The Hall–Kier alpha value is -2.54. The predicted molar refractivity (Wildman–Crippen MR) is 89.2 cm³/mol. The molecule has 2 aromatic rings. The number of guanidine groups is 1. The molecular weight excluding hydrogens is 294 g/mol. The second kappa shape index (κ2) is 5.92. The van der Waals surface area contributed by atoms with Crippen LogP contribution in [0.3, 0.4) is 0 Å². The lowest BCUT2D eigenvalue weighted by molar-refractivity contribution is -0.146. The lowest BCUT2D eigenvalue weighted by Crippen LogP contribution is -2.53. The fourth-order valence-corrected chi connectivity index (χ4v) is 3.37. The molecule has 2 heterocycles. The largest absolute Gasteiger partial charge is 0.480 e. The summed E-state index contributed by atoms with van der Waals surface area (Å²) in [5.74, 6) is -0.855. The summed E-state index contributed by atoms with van der Waals surface area (Å²) in [6.45, 7) is 1.04. The van der Waals surface area contributed by atoms with Gasteiger partial charge in [0.2, 0.25) is 0 Å². The lowest BCUT2D eigenvalue weighted by Gasteiger charge is -2.34. The first kappa shape index (κ1) is 15.4. The van der Waals surface area contributed by atoms with Gasteiger partial charge in [-0.1, -0.05) is 18.2 Å². The summed E-state index contributed by atoms with van der Waals surface area (Å²) in [7, 11) is 0. The van der Waals surface area contributed by atoms with Crippen molar-refractivity contribution in [3.05, 3.63) is 35.5 Å². The molecule has 1 aromatic heterocycles. The SMILES string of the molecule is NC(N)=NCCC[C@]1(C(=O)O)NCCc2c1[nH]c1ccccc21. The molecule has 0 spiro atoms. The predicted octanol–water partition coefficient (Wildman–Crippen LogP) is 0.647. The molecule has 3 rings (SSSR count). The van der Waals surface area contributed by atoms with Crippen LogP contribution < -0.4 is 16.8 Å². The van der Waals surface area contributed by atoms with Gasteiger partial charge in [-0.15, -0.1) is 0 Å². The zero-order valence-electron chi connectivity index (χ0n) is 12.8. The lowest BCUT2D eigenvalue weighted by atomic mass is 9.83. The van der Waals surface area contributed by atoms with Crippen LogP contribution in [0.2, 0.25) is 0 Å². The molecule has 7 heteroatoms. The van der Waals surface area contributed by atoms with Gasteiger partial charge in [-0.2, -0.15) is 0 Å². The third-order valence-corrected chi connectivity index (χ3v) is 4.41. The number of hydrogen-bond donors (Lipinski definition) is 5. The minimum atomic E-state index is -1.12. The van der Waals surface area contributed by atoms with E-state index in [2.05, 4.69) is 15.3 Å². The molecule has 0 amide bonds.